The Balaban J connectivity index is 1.90. The van der Waals surface area contributed by atoms with Crippen molar-refractivity contribution in [2.75, 3.05) is 52.2 Å². The van der Waals surface area contributed by atoms with Crippen LogP contribution < -0.4 is 10.5 Å². The maximum atomic E-state index is 12.8. The number of aromatic nitrogens is 4. The molecule has 0 fully saturated rings. The number of methoxy groups -OCH3 is 1. The van der Waals surface area contributed by atoms with E-state index in [0.717, 1.165) is 5.56 Å². The van der Waals surface area contributed by atoms with Crippen LogP contribution in [-0.4, -0.2) is 66.0 Å². The average molecular weight is 479 g/mol. The van der Waals surface area contributed by atoms with Crippen molar-refractivity contribution in [1.29, 1.82) is 0 Å². The zero-order chi connectivity index (χ0) is 23.7. The van der Waals surface area contributed by atoms with Crippen LogP contribution in [0.1, 0.15) is 25.5 Å². The summed E-state index contributed by atoms with van der Waals surface area (Å²) >= 11 is 0. The van der Waals surface area contributed by atoms with E-state index in [2.05, 4.69) is 15.0 Å². The van der Waals surface area contributed by atoms with Gasteiger partial charge in [-0.25, -0.2) is 4.98 Å². The lowest BCUT2D eigenvalue weighted by molar-refractivity contribution is 0.117. The molecule has 3 rings (SSSR count). The number of imidazole rings is 1. The molecule has 11 nitrogen and oxygen atoms in total. The molecule has 3 aromatic rings. The third kappa shape index (κ3) is 6.49. The van der Waals surface area contributed by atoms with Gasteiger partial charge in [-0.15, -0.1) is 0 Å². The number of rotatable bonds is 14. The van der Waals surface area contributed by atoms with E-state index in [4.69, 9.17) is 29.0 Å². The number of nitrogens with zero attached hydrogens (tertiary/aromatic N) is 4. The summed E-state index contributed by atoms with van der Waals surface area (Å²) in [6.45, 7) is 4.88. The van der Waals surface area contributed by atoms with Gasteiger partial charge in [-0.2, -0.15) is 9.97 Å². The summed E-state index contributed by atoms with van der Waals surface area (Å²) in [6.07, 6.45) is 1.45. The van der Waals surface area contributed by atoms with Crippen LogP contribution in [0.4, 0.5) is 5.82 Å². The number of fused-ring (bicyclic) bond motifs is 1. The Kier molecular flexibility index (Phi) is 9.16. The van der Waals surface area contributed by atoms with E-state index in [1.165, 1.54) is 0 Å². The Morgan fingerprint density at radius 1 is 1.09 bits per heavy atom. The number of nitrogen functional groups attached to an aromatic ring is 1. The lowest BCUT2D eigenvalue weighted by Crippen LogP contribution is -2.18. The van der Waals surface area contributed by atoms with Crippen molar-refractivity contribution in [3.8, 4) is 6.01 Å². The molecule has 0 amide bonds. The second-order valence-electron chi connectivity index (χ2n) is 6.93. The van der Waals surface area contributed by atoms with E-state index in [0.29, 0.717) is 17.8 Å². The Hall–Kier alpha value is -2.56. The van der Waals surface area contributed by atoms with Gasteiger partial charge >= 0.3 is 13.6 Å². The third-order valence-electron chi connectivity index (χ3n) is 4.64. The molecule has 33 heavy (non-hydrogen) atoms. The molecule has 0 aliphatic carbocycles. The standard InChI is InChI=1S/C21H30N5O6P/c1-4-31-33(27,32-5-2)15-29-13-17(16-9-7-6-8-10-16)26-14-23-18-19(22)24-21(25-20(18)26)30-12-11-28-3/h6-10,14,17H,4-5,11-13,15H2,1-3H3,(H2,22,24,25). The summed E-state index contributed by atoms with van der Waals surface area (Å²) < 4.78 is 41.7. The number of nitrogens with two attached hydrogens (primary N) is 1. The Morgan fingerprint density at radius 3 is 2.48 bits per heavy atom. The van der Waals surface area contributed by atoms with Crippen LogP contribution in [-0.2, 0) is 23.1 Å². The molecule has 2 N–H and O–H groups in total. The topological polar surface area (TPSA) is 133 Å². The molecule has 12 heteroatoms. The first-order valence-corrected chi connectivity index (χ1v) is 12.4. The van der Waals surface area contributed by atoms with Crippen LogP contribution in [0.2, 0.25) is 0 Å². The fraction of sp³-hybridized carbons (Fsp3) is 0.476. The first-order chi connectivity index (χ1) is 16.0. The van der Waals surface area contributed by atoms with E-state index in [-0.39, 0.29) is 50.6 Å². The molecule has 0 spiro atoms. The van der Waals surface area contributed by atoms with Gasteiger partial charge in [0.15, 0.2) is 17.0 Å². The number of anilines is 1. The number of ether oxygens (including phenoxy) is 3. The molecule has 2 aromatic heterocycles. The predicted octanol–water partition coefficient (Wildman–Crippen LogP) is 3.26. The summed E-state index contributed by atoms with van der Waals surface area (Å²) in [5.74, 6) is 0.205. The molecule has 2 heterocycles. The van der Waals surface area contributed by atoms with Crippen LogP contribution in [0.5, 0.6) is 6.01 Å². The van der Waals surface area contributed by atoms with Crippen molar-refractivity contribution in [2.24, 2.45) is 0 Å². The largest absolute Gasteiger partial charge is 0.461 e. The highest BCUT2D eigenvalue weighted by atomic mass is 31.2. The van der Waals surface area contributed by atoms with Gasteiger partial charge in [0.05, 0.1) is 38.8 Å². The summed E-state index contributed by atoms with van der Waals surface area (Å²) in [5, 5.41) is 0. The highest BCUT2D eigenvalue weighted by Gasteiger charge is 2.26. The van der Waals surface area contributed by atoms with Gasteiger partial charge in [-0.1, -0.05) is 30.3 Å². The van der Waals surface area contributed by atoms with Crippen molar-refractivity contribution in [1.82, 2.24) is 19.5 Å². The molecule has 0 radical (unpaired) electrons. The SMILES string of the molecule is CCOP(=O)(COCC(c1ccccc1)n1cnc2c(N)nc(OCCOC)nc21)OCC. The van der Waals surface area contributed by atoms with E-state index in [1.54, 1.807) is 27.3 Å². The average Bonchev–Trinajstić information content (AvgIpc) is 3.22. The molecule has 0 aliphatic heterocycles. The van der Waals surface area contributed by atoms with Gasteiger partial charge in [-0.05, 0) is 19.4 Å². The summed E-state index contributed by atoms with van der Waals surface area (Å²) in [5.41, 5.74) is 7.98. The number of hydrogen-bond donors (Lipinski definition) is 1. The molecule has 180 valence electrons. The maximum absolute atomic E-state index is 12.8. The van der Waals surface area contributed by atoms with Crippen molar-refractivity contribution in [3.63, 3.8) is 0 Å². The minimum atomic E-state index is -3.35. The minimum absolute atomic E-state index is 0.128. The maximum Gasteiger partial charge on any atom is 0.356 e. The van der Waals surface area contributed by atoms with Crippen molar-refractivity contribution < 1.29 is 27.8 Å². The van der Waals surface area contributed by atoms with Crippen LogP contribution in [0.3, 0.4) is 0 Å². The Morgan fingerprint density at radius 2 is 1.82 bits per heavy atom. The van der Waals surface area contributed by atoms with Gasteiger partial charge in [0, 0.05) is 7.11 Å². The van der Waals surface area contributed by atoms with Crippen molar-refractivity contribution in [2.45, 2.75) is 19.9 Å². The molecule has 0 saturated carbocycles. The molecular formula is C21H30N5O6P. The van der Waals surface area contributed by atoms with Crippen LogP contribution in [0, 0.1) is 0 Å². The number of benzene rings is 1. The van der Waals surface area contributed by atoms with Gasteiger partial charge in [0.2, 0.25) is 0 Å². The van der Waals surface area contributed by atoms with E-state index in [1.807, 2.05) is 34.9 Å². The molecule has 0 saturated heterocycles. The first kappa shape index (κ1) is 25.1. The van der Waals surface area contributed by atoms with Gasteiger partial charge in [0.25, 0.3) is 0 Å². The monoisotopic (exact) mass is 479 g/mol. The normalized spacial score (nSPS) is 12.8. The molecule has 1 atom stereocenters. The second kappa shape index (κ2) is 12.1. The lowest BCUT2D eigenvalue weighted by atomic mass is 10.1. The van der Waals surface area contributed by atoms with Gasteiger partial charge < -0.3 is 33.6 Å². The fourth-order valence-corrected chi connectivity index (χ4v) is 4.56. The first-order valence-electron chi connectivity index (χ1n) is 10.6. The second-order valence-corrected chi connectivity index (χ2v) is 8.93. The third-order valence-corrected chi connectivity index (χ3v) is 6.45. The van der Waals surface area contributed by atoms with Gasteiger partial charge in [-0.3, -0.25) is 4.57 Å². The quantitative estimate of drug-likeness (QED) is 0.271. The van der Waals surface area contributed by atoms with Crippen molar-refractivity contribution in [3.05, 3.63) is 42.2 Å². The van der Waals surface area contributed by atoms with Crippen LogP contribution >= 0.6 is 7.60 Å². The van der Waals surface area contributed by atoms with Crippen LogP contribution in [0.15, 0.2) is 36.7 Å². The Bertz CT molecular complexity index is 1050. The highest BCUT2D eigenvalue weighted by molar-refractivity contribution is 7.53. The molecule has 0 bridgehead atoms. The zero-order valence-electron chi connectivity index (χ0n) is 19.0. The molecule has 0 aliphatic rings. The predicted molar refractivity (Wildman–Crippen MR) is 123 cm³/mol. The minimum Gasteiger partial charge on any atom is -0.461 e. The lowest BCUT2D eigenvalue weighted by Gasteiger charge is -2.22. The summed E-state index contributed by atoms with van der Waals surface area (Å²) in [7, 11) is -1.77. The molecule has 1 aromatic carbocycles. The Labute approximate surface area is 192 Å². The van der Waals surface area contributed by atoms with E-state index in [9.17, 15) is 4.57 Å². The zero-order valence-corrected chi connectivity index (χ0v) is 19.9. The fourth-order valence-electron chi connectivity index (χ4n) is 3.22. The van der Waals surface area contributed by atoms with Crippen LogP contribution in [0.25, 0.3) is 11.2 Å². The van der Waals surface area contributed by atoms with E-state index >= 15 is 0 Å². The van der Waals surface area contributed by atoms with Gasteiger partial charge in [0.1, 0.15) is 13.0 Å². The highest BCUT2D eigenvalue weighted by Crippen LogP contribution is 2.48. The smallest absolute Gasteiger partial charge is 0.356 e. The van der Waals surface area contributed by atoms with E-state index < -0.39 is 7.60 Å². The van der Waals surface area contributed by atoms with Crippen molar-refractivity contribution >= 4 is 24.6 Å². The molecule has 1 unspecified atom stereocenters. The number of hydrogen-bond acceptors (Lipinski definition) is 10. The summed E-state index contributed by atoms with van der Waals surface area (Å²) in [4.78, 5) is 13.1. The molecular weight excluding hydrogens is 449 g/mol. The summed E-state index contributed by atoms with van der Waals surface area (Å²) in [6, 6.07) is 9.49.